The number of benzene rings is 2. The normalized spacial score (nSPS) is 11.4. The number of ketones is 1. The molecule has 2 aromatic carbocycles. The fraction of sp³-hybridized carbons (Fsp3) is 0.320. The first-order valence-corrected chi connectivity index (χ1v) is 10.1. The highest BCUT2D eigenvalue weighted by molar-refractivity contribution is 5.98. The summed E-state index contributed by atoms with van der Waals surface area (Å²) in [7, 11) is 0. The maximum absolute atomic E-state index is 12.5. The van der Waals surface area contributed by atoms with Crippen LogP contribution >= 0.6 is 0 Å². The standard InChI is InChI=1S/C25H30O5/c1-16(2)5-4-6-17(3)7-11-20-18(9-14-23(28)25(20)30)8-13-22(27)21-12-10-19(26)15-24(21)29/h5,7,9-10,12,14-15,26,28-30H,4,6,8,11,13H2,1-3H3/b17-7+. The zero-order valence-corrected chi connectivity index (χ0v) is 17.8. The predicted molar refractivity (Wildman–Crippen MR) is 118 cm³/mol. The lowest BCUT2D eigenvalue weighted by Crippen LogP contribution is -2.03. The first-order chi connectivity index (χ1) is 14.2. The second-order valence-corrected chi connectivity index (χ2v) is 7.77. The van der Waals surface area contributed by atoms with Crippen molar-refractivity contribution in [1.82, 2.24) is 0 Å². The Morgan fingerprint density at radius 3 is 2.30 bits per heavy atom. The van der Waals surface area contributed by atoms with Gasteiger partial charge in [0.1, 0.15) is 11.5 Å². The van der Waals surface area contributed by atoms with Gasteiger partial charge in [0.05, 0.1) is 5.56 Å². The van der Waals surface area contributed by atoms with Crippen LogP contribution in [0.3, 0.4) is 0 Å². The van der Waals surface area contributed by atoms with Crippen LogP contribution in [0.4, 0.5) is 0 Å². The predicted octanol–water partition coefficient (Wildman–Crippen LogP) is 5.56. The summed E-state index contributed by atoms with van der Waals surface area (Å²) in [6.45, 7) is 6.17. The summed E-state index contributed by atoms with van der Waals surface area (Å²) in [5.41, 5.74) is 3.98. The van der Waals surface area contributed by atoms with Crippen molar-refractivity contribution in [3.05, 3.63) is 70.3 Å². The van der Waals surface area contributed by atoms with E-state index in [-0.39, 0.29) is 40.8 Å². The third kappa shape index (κ3) is 6.41. The summed E-state index contributed by atoms with van der Waals surface area (Å²) >= 11 is 0. The summed E-state index contributed by atoms with van der Waals surface area (Å²) < 4.78 is 0. The van der Waals surface area contributed by atoms with Gasteiger partial charge in [-0.05, 0) is 70.2 Å². The molecule has 0 fully saturated rings. The number of carbonyl (C=O) groups is 1. The van der Waals surface area contributed by atoms with Gasteiger partial charge in [0, 0.05) is 18.1 Å². The van der Waals surface area contributed by atoms with Gasteiger partial charge in [-0.15, -0.1) is 0 Å². The van der Waals surface area contributed by atoms with Crippen molar-refractivity contribution in [2.24, 2.45) is 0 Å². The number of aryl methyl sites for hydroxylation is 1. The van der Waals surface area contributed by atoms with E-state index in [1.165, 1.54) is 29.3 Å². The molecule has 2 rings (SSSR count). The number of Topliss-reactive ketones (excluding diaryl/α,β-unsaturated/α-hetero) is 1. The third-order valence-electron chi connectivity index (χ3n) is 5.01. The molecule has 0 aliphatic heterocycles. The van der Waals surface area contributed by atoms with Crippen LogP contribution in [-0.4, -0.2) is 26.2 Å². The minimum absolute atomic E-state index is 0.110. The molecular formula is C25H30O5. The Bertz CT molecular complexity index is 966. The Labute approximate surface area is 177 Å². The molecule has 0 saturated carbocycles. The van der Waals surface area contributed by atoms with Gasteiger partial charge < -0.3 is 20.4 Å². The molecule has 30 heavy (non-hydrogen) atoms. The molecule has 0 bridgehead atoms. The maximum Gasteiger partial charge on any atom is 0.166 e. The molecule has 0 aliphatic carbocycles. The highest BCUT2D eigenvalue weighted by atomic mass is 16.3. The van der Waals surface area contributed by atoms with Crippen LogP contribution in [0, 0.1) is 0 Å². The molecule has 0 saturated heterocycles. The Morgan fingerprint density at radius 2 is 1.63 bits per heavy atom. The fourth-order valence-corrected chi connectivity index (χ4v) is 3.23. The lowest BCUT2D eigenvalue weighted by molar-refractivity contribution is 0.0980. The van der Waals surface area contributed by atoms with Crippen molar-refractivity contribution < 1.29 is 25.2 Å². The summed E-state index contributed by atoms with van der Waals surface area (Å²) in [4.78, 5) is 12.5. The van der Waals surface area contributed by atoms with Crippen molar-refractivity contribution in [3.8, 4) is 23.0 Å². The maximum atomic E-state index is 12.5. The fourth-order valence-electron chi connectivity index (χ4n) is 3.23. The van der Waals surface area contributed by atoms with Gasteiger partial charge in [0.25, 0.3) is 0 Å². The molecule has 0 unspecified atom stereocenters. The number of aromatic hydroxyl groups is 4. The lowest BCUT2D eigenvalue weighted by Gasteiger charge is -2.12. The van der Waals surface area contributed by atoms with Crippen molar-refractivity contribution in [2.45, 2.75) is 52.9 Å². The molecule has 5 heteroatoms. The van der Waals surface area contributed by atoms with Crippen LogP contribution in [0.1, 0.15) is 61.5 Å². The lowest BCUT2D eigenvalue weighted by atomic mass is 9.95. The van der Waals surface area contributed by atoms with E-state index in [1.807, 2.05) is 13.0 Å². The largest absolute Gasteiger partial charge is 0.508 e. The van der Waals surface area contributed by atoms with Gasteiger partial charge in [0.2, 0.25) is 0 Å². The molecule has 0 spiro atoms. The van der Waals surface area contributed by atoms with Crippen molar-refractivity contribution in [1.29, 1.82) is 0 Å². The Hall–Kier alpha value is -3.21. The van der Waals surface area contributed by atoms with Crippen LogP contribution in [0.25, 0.3) is 0 Å². The highest BCUT2D eigenvalue weighted by Gasteiger charge is 2.15. The summed E-state index contributed by atoms with van der Waals surface area (Å²) in [6, 6.07) is 7.00. The van der Waals surface area contributed by atoms with E-state index >= 15 is 0 Å². The van der Waals surface area contributed by atoms with Gasteiger partial charge in [0.15, 0.2) is 17.3 Å². The van der Waals surface area contributed by atoms with Crippen molar-refractivity contribution in [2.75, 3.05) is 0 Å². The quantitative estimate of drug-likeness (QED) is 0.246. The van der Waals surface area contributed by atoms with E-state index in [0.717, 1.165) is 24.5 Å². The highest BCUT2D eigenvalue weighted by Crippen LogP contribution is 2.33. The number of hydrogen-bond acceptors (Lipinski definition) is 5. The second kappa shape index (κ2) is 10.5. The van der Waals surface area contributed by atoms with E-state index in [4.69, 9.17) is 0 Å². The van der Waals surface area contributed by atoms with Gasteiger partial charge in [-0.1, -0.05) is 29.4 Å². The molecule has 2 aromatic rings. The Balaban J connectivity index is 2.14. The number of rotatable bonds is 9. The molecule has 0 atom stereocenters. The van der Waals surface area contributed by atoms with Crippen LogP contribution in [0.5, 0.6) is 23.0 Å². The number of phenolic OH excluding ortho intramolecular Hbond substituents is 4. The van der Waals surface area contributed by atoms with Gasteiger partial charge >= 0.3 is 0 Å². The summed E-state index contributed by atoms with van der Waals surface area (Å²) in [5, 5.41) is 39.5. The van der Waals surface area contributed by atoms with Gasteiger partial charge in [-0.2, -0.15) is 0 Å². The van der Waals surface area contributed by atoms with Crippen LogP contribution in [0.15, 0.2) is 53.6 Å². The number of allylic oxidation sites excluding steroid dienone is 4. The molecule has 0 heterocycles. The molecule has 0 aromatic heterocycles. The number of phenols is 4. The number of carbonyl (C=O) groups excluding carboxylic acids is 1. The van der Waals surface area contributed by atoms with Crippen molar-refractivity contribution >= 4 is 5.78 Å². The molecule has 160 valence electrons. The van der Waals surface area contributed by atoms with Crippen LogP contribution < -0.4 is 0 Å². The minimum atomic E-state index is -0.264. The third-order valence-corrected chi connectivity index (χ3v) is 5.01. The van der Waals surface area contributed by atoms with Crippen molar-refractivity contribution in [3.63, 3.8) is 0 Å². The smallest absolute Gasteiger partial charge is 0.166 e. The minimum Gasteiger partial charge on any atom is -0.508 e. The average molecular weight is 411 g/mol. The molecule has 0 amide bonds. The second-order valence-electron chi connectivity index (χ2n) is 7.77. The van der Waals surface area contributed by atoms with Gasteiger partial charge in [-0.3, -0.25) is 4.79 Å². The topological polar surface area (TPSA) is 98.0 Å². The van der Waals surface area contributed by atoms with Gasteiger partial charge in [-0.25, -0.2) is 0 Å². The Kier molecular flexibility index (Phi) is 8.10. The number of hydrogen-bond donors (Lipinski definition) is 4. The first-order valence-electron chi connectivity index (χ1n) is 10.1. The molecule has 4 N–H and O–H groups in total. The van der Waals surface area contributed by atoms with E-state index < -0.39 is 0 Å². The van der Waals surface area contributed by atoms with E-state index in [0.29, 0.717) is 18.4 Å². The average Bonchev–Trinajstić information content (AvgIpc) is 2.67. The van der Waals surface area contributed by atoms with Crippen LogP contribution in [-0.2, 0) is 12.8 Å². The summed E-state index contributed by atoms with van der Waals surface area (Å²) in [6.07, 6.45) is 7.01. The van der Waals surface area contributed by atoms with E-state index in [9.17, 15) is 25.2 Å². The Morgan fingerprint density at radius 1 is 0.900 bits per heavy atom. The van der Waals surface area contributed by atoms with E-state index in [1.54, 1.807) is 6.07 Å². The monoisotopic (exact) mass is 410 g/mol. The molecule has 0 radical (unpaired) electrons. The van der Waals surface area contributed by atoms with Crippen LogP contribution in [0.2, 0.25) is 0 Å². The molecular weight excluding hydrogens is 380 g/mol. The molecule has 5 nitrogen and oxygen atoms in total. The first kappa shape index (κ1) is 23.1. The zero-order chi connectivity index (χ0) is 22.3. The molecule has 0 aliphatic rings. The van der Waals surface area contributed by atoms with E-state index in [2.05, 4.69) is 19.9 Å². The SMILES string of the molecule is CC(C)=CCC/C(C)=C/Cc1c(CCC(=O)c2ccc(O)cc2O)ccc(O)c1O. The zero-order valence-electron chi connectivity index (χ0n) is 17.8. The summed E-state index contributed by atoms with van der Waals surface area (Å²) in [5.74, 6) is -0.989.